The van der Waals surface area contributed by atoms with Gasteiger partial charge in [-0.2, -0.15) is 0 Å². The van der Waals surface area contributed by atoms with Crippen LogP contribution in [0.1, 0.15) is 39.5 Å². The summed E-state index contributed by atoms with van der Waals surface area (Å²) >= 11 is 0. The number of likely N-dealkylation sites (tertiary alicyclic amines) is 1. The van der Waals surface area contributed by atoms with Crippen molar-refractivity contribution in [1.82, 2.24) is 5.32 Å². The summed E-state index contributed by atoms with van der Waals surface area (Å²) in [7, 11) is 0. The average Bonchev–Trinajstić information content (AvgIpc) is 2.99. The Balaban J connectivity index is 1.59. The lowest BCUT2D eigenvalue weighted by atomic mass is 9.95. The number of amides is 3. The first-order valence-electron chi connectivity index (χ1n) is 10.2. The lowest BCUT2D eigenvalue weighted by Gasteiger charge is -2.32. The van der Waals surface area contributed by atoms with Gasteiger partial charge in [0.05, 0.1) is 31.8 Å². The number of hydrogen-bond acceptors (Lipinski definition) is 4. The summed E-state index contributed by atoms with van der Waals surface area (Å²) in [6.45, 7) is 6.61. The molecule has 0 aromatic heterocycles. The Morgan fingerprint density at radius 1 is 1.21 bits per heavy atom. The second-order valence-electron chi connectivity index (χ2n) is 7.71. The van der Waals surface area contributed by atoms with Crippen molar-refractivity contribution < 1.29 is 24.0 Å². The molecular formula is C21H30N3O4+. The van der Waals surface area contributed by atoms with Crippen molar-refractivity contribution in [2.45, 2.75) is 45.6 Å². The normalized spacial score (nSPS) is 25.1. The Labute approximate surface area is 166 Å². The molecule has 2 heterocycles. The number of ether oxygens (including phenoxy) is 1. The van der Waals surface area contributed by atoms with Crippen molar-refractivity contribution in [2.24, 2.45) is 5.92 Å². The van der Waals surface area contributed by atoms with E-state index in [9.17, 15) is 14.4 Å². The molecule has 1 atom stereocenters. The van der Waals surface area contributed by atoms with Crippen molar-refractivity contribution >= 4 is 23.4 Å². The van der Waals surface area contributed by atoms with Crippen LogP contribution in [0.15, 0.2) is 24.3 Å². The van der Waals surface area contributed by atoms with Crippen molar-refractivity contribution in [3.63, 3.8) is 0 Å². The Hall–Kier alpha value is -2.41. The summed E-state index contributed by atoms with van der Waals surface area (Å²) in [4.78, 5) is 39.1. The van der Waals surface area contributed by atoms with Gasteiger partial charge >= 0.3 is 0 Å². The number of nitrogens with one attached hydrogen (secondary N) is 2. The predicted octanol–water partition coefficient (Wildman–Crippen LogP) is 0.538. The highest BCUT2D eigenvalue weighted by atomic mass is 16.5. The maximum Gasteiger partial charge on any atom is 0.292 e. The summed E-state index contributed by atoms with van der Waals surface area (Å²) in [5, 5.41) is 2.87. The molecule has 0 aliphatic carbocycles. The van der Waals surface area contributed by atoms with Gasteiger partial charge in [0.1, 0.15) is 5.75 Å². The number of imide groups is 1. The topological polar surface area (TPSA) is 80.2 Å². The van der Waals surface area contributed by atoms with Gasteiger partial charge in [0, 0.05) is 26.3 Å². The highest BCUT2D eigenvalue weighted by Crippen LogP contribution is 2.25. The Morgan fingerprint density at radius 2 is 1.89 bits per heavy atom. The summed E-state index contributed by atoms with van der Waals surface area (Å²) in [6.07, 6.45) is 3.10. The number of nitrogens with zero attached hydrogens (tertiary/aromatic N) is 1. The Morgan fingerprint density at radius 3 is 2.50 bits per heavy atom. The molecule has 7 heteroatoms. The molecule has 0 radical (unpaired) electrons. The van der Waals surface area contributed by atoms with Crippen molar-refractivity contribution in [3.8, 4) is 5.75 Å². The number of anilines is 1. The van der Waals surface area contributed by atoms with Crippen LogP contribution in [0.2, 0.25) is 0 Å². The molecule has 7 nitrogen and oxygen atoms in total. The summed E-state index contributed by atoms with van der Waals surface area (Å²) in [5.41, 5.74) is 0.612. The number of hydrogen-bond donors (Lipinski definition) is 2. The van der Waals surface area contributed by atoms with E-state index >= 15 is 0 Å². The Bertz CT molecular complexity index is 711. The highest BCUT2D eigenvalue weighted by Gasteiger charge is 2.46. The van der Waals surface area contributed by atoms with E-state index in [1.54, 1.807) is 24.3 Å². The zero-order valence-electron chi connectivity index (χ0n) is 16.7. The van der Waals surface area contributed by atoms with E-state index in [4.69, 9.17) is 4.74 Å². The molecule has 2 N–H and O–H groups in total. The first-order chi connectivity index (χ1) is 13.5. The second kappa shape index (κ2) is 9.19. The number of carbonyl (C=O) groups is 3. The molecule has 2 fully saturated rings. The minimum Gasteiger partial charge on any atom is -0.494 e. The van der Waals surface area contributed by atoms with Crippen molar-refractivity contribution in [3.05, 3.63) is 24.3 Å². The fourth-order valence-electron chi connectivity index (χ4n) is 4.02. The molecule has 0 unspecified atom stereocenters. The first-order valence-corrected chi connectivity index (χ1v) is 10.2. The number of benzene rings is 1. The van der Waals surface area contributed by atoms with E-state index in [0.29, 0.717) is 24.8 Å². The van der Waals surface area contributed by atoms with Crippen LogP contribution in [0.4, 0.5) is 5.69 Å². The van der Waals surface area contributed by atoms with E-state index in [1.165, 1.54) is 16.7 Å². The van der Waals surface area contributed by atoms with Crippen LogP contribution in [-0.2, 0) is 14.4 Å². The number of carbonyl (C=O) groups excluding carboxylic acids is 3. The average molecular weight is 388 g/mol. The quantitative estimate of drug-likeness (QED) is 0.668. The minimum absolute atomic E-state index is 0.00639. The molecule has 152 valence electrons. The van der Waals surface area contributed by atoms with E-state index in [0.717, 1.165) is 38.1 Å². The molecule has 0 saturated carbocycles. The third-order valence-electron chi connectivity index (χ3n) is 5.59. The molecule has 3 amide bonds. The van der Waals surface area contributed by atoms with Crippen molar-refractivity contribution in [2.75, 3.05) is 31.1 Å². The van der Waals surface area contributed by atoms with Crippen LogP contribution in [0.3, 0.4) is 0 Å². The smallest absolute Gasteiger partial charge is 0.292 e. The molecule has 1 aromatic rings. The van der Waals surface area contributed by atoms with Gasteiger partial charge in [0.2, 0.25) is 11.8 Å². The largest absolute Gasteiger partial charge is 0.494 e. The lowest BCUT2D eigenvalue weighted by Crippen LogP contribution is -3.17. The fourth-order valence-corrected chi connectivity index (χ4v) is 4.02. The molecule has 2 aliphatic heterocycles. The molecule has 0 spiro atoms. The zero-order valence-corrected chi connectivity index (χ0v) is 16.7. The molecule has 0 bridgehead atoms. The molecule has 1 aromatic carbocycles. The lowest BCUT2D eigenvalue weighted by molar-refractivity contribution is -0.920. The van der Waals surface area contributed by atoms with E-state index in [2.05, 4.69) is 5.32 Å². The minimum atomic E-state index is -0.301. The third kappa shape index (κ3) is 4.70. The third-order valence-corrected chi connectivity index (χ3v) is 5.59. The Kier molecular flexibility index (Phi) is 6.67. The van der Waals surface area contributed by atoms with Crippen LogP contribution in [0.5, 0.6) is 5.75 Å². The number of quaternary nitrogens is 1. The van der Waals surface area contributed by atoms with Gasteiger partial charge in [-0.3, -0.25) is 14.4 Å². The van der Waals surface area contributed by atoms with E-state index in [1.807, 2.05) is 6.92 Å². The first kappa shape index (κ1) is 20.3. The van der Waals surface area contributed by atoms with E-state index in [-0.39, 0.29) is 30.2 Å². The summed E-state index contributed by atoms with van der Waals surface area (Å²) in [5.74, 6) is 0.945. The fraction of sp³-hybridized carbons (Fsp3) is 0.571. The van der Waals surface area contributed by atoms with Gasteiger partial charge in [0.15, 0.2) is 6.04 Å². The zero-order chi connectivity index (χ0) is 20.1. The van der Waals surface area contributed by atoms with E-state index < -0.39 is 0 Å². The molecular weight excluding hydrogens is 358 g/mol. The second-order valence-corrected chi connectivity index (χ2v) is 7.71. The molecule has 3 rings (SSSR count). The van der Waals surface area contributed by atoms with Gasteiger partial charge < -0.3 is 15.0 Å². The van der Waals surface area contributed by atoms with Crippen LogP contribution in [-0.4, -0.2) is 50.0 Å². The maximum atomic E-state index is 13.0. The van der Waals surface area contributed by atoms with Crippen LogP contribution >= 0.6 is 0 Å². The van der Waals surface area contributed by atoms with Crippen LogP contribution < -0.4 is 19.9 Å². The maximum absolute atomic E-state index is 13.0. The predicted molar refractivity (Wildman–Crippen MR) is 105 cm³/mol. The van der Waals surface area contributed by atoms with Gasteiger partial charge in [-0.05, 0) is 36.6 Å². The van der Waals surface area contributed by atoms with Crippen molar-refractivity contribution in [1.29, 1.82) is 0 Å². The van der Waals surface area contributed by atoms with Gasteiger partial charge in [-0.25, -0.2) is 4.90 Å². The standard InChI is InChI=1S/C21H29N3O4/c1-3-12-28-18-6-4-17(5-7-18)24-20(26)13-19(21(24)27)23-10-8-16(9-11-23)14-22-15(2)25/h4-7,16,19H,3,8-14H2,1-2H3,(H,22,25)/p+1/t19-/m0/s1. The van der Waals surface area contributed by atoms with Crippen LogP contribution in [0.25, 0.3) is 0 Å². The van der Waals surface area contributed by atoms with Crippen LogP contribution in [0, 0.1) is 5.92 Å². The van der Waals surface area contributed by atoms with Gasteiger partial charge in [-0.15, -0.1) is 0 Å². The molecule has 28 heavy (non-hydrogen) atoms. The SMILES string of the molecule is CCCOc1ccc(N2C(=O)C[C@H]([NH+]3CCC(CNC(C)=O)CC3)C2=O)cc1. The monoisotopic (exact) mass is 388 g/mol. The van der Waals surface area contributed by atoms with Gasteiger partial charge in [-0.1, -0.05) is 6.92 Å². The number of rotatable bonds is 7. The highest BCUT2D eigenvalue weighted by molar-refractivity contribution is 6.21. The molecule has 2 saturated heterocycles. The summed E-state index contributed by atoms with van der Waals surface area (Å²) < 4.78 is 5.57. The van der Waals surface area contributed by atoms with Gasteiger partial charge in [0.25, 0.3) is 5.91 Å². The molecule has 2 aliphatic rings. The number of piperidine rings is 1. The summed E-state index contributed by atoms with van der Waals surface area (Å²) in [6, 6.07) is 6.86.